The molecule has 27 heavy (non-hydrogen) atoms. The number of unbranched alkanes of at least 4 members (excludes halogenated alkanes) is 6. The SMILES string of the molecule is CCCCCCCCCO[C@H]1C(O)[C@@H](CC)O[C@H]1N1C=C(C)C(C)NC1=O. The molecule has 2 unspecified atom stereocenters. The Labute approximate surface area is 164 Å². The van der Waals surface area contributed by atoms with Crippen LogP contribution in [0.2, 0.25) is 0 Å². The Balaban J connectivity index is 1.88. The Morgan fingerprint density at radius 3 is 2.52 bits per heavy atom. The number of nitrogens with one attached hydrogen (secondary N) is 1. The predicted molar refractivity (Wildman–Crippen MR) is 106 cm³/mol. The Kier molecular flexibility index (Phi) is 9.06. The van der Waals surface area contributed by atoms with Crippen LogP contribution in [-0.2, 0) is 9.47 Å². The van der Waals surface area contributed by atoms with Crippen molar-refractivity contribution in [2.45, 2.75) is 110 Å². The topological polar surface area (TPSA) is 71.0 Å². The lowest BCUT2D eigenvalue weighted by molar-refractivity contribution is -0.0810. The molecule has 0 aromatic heterocycles. The van der Waals surface area contributed by atoms with Gasteiger partial charge in [-0.15, -0.1) is 0 Å². The van der Waals surface area contributed by atoms with Gasteiger partial charge in [0.2, 0.25) is 0 Å². The van der Waals surface area contributed by atoms with Gasteiger partial charge in [-0.3, -0.25) is 4.90 Å². The van der Waals surface area contributed by atoms with Crippen LogP contribution in [0.4, 0.5) is 4.79 Å². The van der Waals surface area contributed by atoms with Crippen LogP contribution in [0.5, 0.6) is 0 Å². The fourth-order valence-electron chi connectivity index (χ4n) is 3.69. The summed E-state index contributed by atoms with van der Waals surface area (Å²) in [4.78, 5) is 14.0. The van der Waals surface area contributed by atoms with Crippen LogP contribution in [0.1, 0.15) is 79.1 Å². The van der Waals surface area contributed by atoms with Crippen molar-refractivity contribution >= 4 is 6.03 Å². The number of carbonyl (C=O) groups excluding carboxylic acids is 1. The number of amides is 2. The van der Waals surface area contributed by atoms with E-state index in [1.54, 1.807) is 4.90 Å². The third-order valence-corrected chi connectivity index (χ3v) is 5.65. The quantitative estimate of drug-likeness (QED) is 0.531. The number of hydrogen-bond donors (Lipinski definition) is 2. The number of urea groups is 1. The molecule has 0 aliphatic carbocycles. The molecule has 156 valence electrons. The van der Waals surface area contributed by atoms with E-state index >= 15 is 0 Å². The molecule has 6 nitrogen and oxygen atoms in total. The van der Waals surface area contributed by atoms with E-state index < -0.39 is 18.4 Å². The molecule has 2 rings (SSSR count). The smallest absolute Gasteiger partial charge is 0.324 e. The third kappa shape index (κ3) is 5.93. The van der Waals surface area contributed by atoms with Crippen LogP contribution in [0.3, 0.4) is 0 Å². The van der Waals surface area contributed by atoms with E-state index in [0.29, 0.717) is 13.0 Å². The molecule has 6 heteroatoms. The zero-order chi connectivity index (χ0) is 19.8. The molecule has 0 saturated carbocycles. The van der Waals surface area contributed by atoms with Crippen molar-refractivity contribution in [3.63, 3.8) is 0 Å². The first-order chi connectivity index (χ1) is 13.0. The third-order valence-electron chi connectivity index (χ3n) is 5.65. The molecule has 1 fully saturated rings. The van der Waals surface area contributed by atoms with Crippen molar-refractivity contribution in [1.29, 1.82) is 0 Å². The van der Waals surface area contributed by atoms with Crippen LogP contribution in [0.15, 0.2) is 11.8 Å². The Morgan fingerprint density at radius 1 is 1.19 bits per heavy atom. The van der Waals surface area contributed by atoms with Gasteiger partial charge in [0, 0.05) is 12.8 Å². The summed E-state index contributed by atoms with van der Waals surface area (Å²) in [6.45, 7) is 8.72. The van der Waals surface area contributed by atoms with Gasteiger partial charge in [0.05, 0.1) is 12.1 Å². The minimum Gasteiger partial charge on any atom is -0.388 e. The number of nitrogens with zero attached hydrogens (tertiary/aromatic N) is 1. The molecular formula is C21H38N2O4. The van der Waals surface area contributed by atoms with Crippen LogP contribution in [0, 0.1) is 0 Å². The fraction of sp³-hybridized carbons (Fsp3) is 0.857. The first kappa shape index (κ1) is 22.2. The van der Waals surface area contributed by atoms with Crippen molar-refractivity contribution in [2.75, 3.05) is 6.61 Å². The number of hydrogen-bond acceptors (Lipinski definition) is 4. The van der Waals surface area contributed by atoms with E-state index in [0.717, 1.165) is 18.4 Å². The highest BCUT2D eigenvalue weighted by molar-refractivity contribution is 5.77. The monoisotopic (exact) mass is 382 g/mol. The number of aliphatic hydroxyl groups excluding tert-OH is 1. The number of aliphatic hydroxyl groups is 1. The van der Waals surface area contributed by atoms with Gasteiger partial charge < -0.3 is 19.9 Å². The van der Waals surface area contributed by atoms with E-state index in [1.165, 1.54) is 32.1 Å². The van der Waals surface area contributed by atoms with E-state index in [-0.39, 0.29) is 18.2 Å². The van der Waals surface area contributed by atoms with Gasteiger partial charge in [0.25, 0.3) is 0 Å². The number of rotatable bonds is 11. The van der Waals surface area contributed by atoms with Crippen molar-refractivity contribution in [3.05, 3.63) is 11.8 Å². The molecule has 0 spiro atoms. The second-order valence-corrected chi connectivity index (χ2v) is 7.87. The Bertz CT molecular complexity index is 497. The lowest BCUT2D eigenvalue weighted by atomic mass is 10.1. The zero-order valence-corrected chi connectivity index (χ0v) is 17.4. The summed E-state index contributed by atoms with van der Waals surface area (Å²) < 4.78 is 12.0. The van der Waals surface area contributed by atoms with E-state index in [2.05, 4.69) is 12.2 Å². The maximum Gasteiger partial charge on any atom is 0.324 e. The number of ether oxygens (including phenoxy) is 2. The maximum atomic E-state index is 12.4. The van der Waals surface area contributed by atoms with Crippen LogP contribution in [0.25, 0.3) is 0 Å². The van der Waals surface area contributed by atoms with Crippen molar-refractivity contribution < 1.29 is 19.4 Å². The van der Waals surface area contributed by atoms with Gasteiger partial charge in [-0.25, -0.2) is 4.79 Å². The second kappa shape index (κ2) is 11.0. The standard InChI is InChI=1S/C21H38N2O4/c1-5-7-8-9-10-11-12-13-26-19-18(24)17(6-2)27-20(19)23-14-15(3)16(4)22-21(23)25/h14,16-20,24H,5-13H2,1-4H3,(H,22,25)/t16?,17-,18?,19+,20-/m1/s1. The molecule has 2 aliphatic rings. The summed E-state index contributed by atoms with van der Waals surface area (Å²) >= 11 is 0. The Morgan fingerprint density at radius 2 is 1.85 bits per heavy atom. The summed E-state index contributed by atoms with van der Waals surface area (Å²) in [5.74, 6) is 0. The summed E-state index contributed by atoms with van der Waals surface area (Å²) in [5.41, 5.74) is 1.05. The van der Waals surface area contributed by atoms with Crippen molar-refractivity contribution in [2.24, 2.45) is 0 Å². The minimum absolute atomic E-state index is 0.00845. The fourth-order valence-corrected chi connectivity index (χ4v) is 3.69. The molecule has 0 bridgehead atoms. The van der Waals surface area contributed by atoms with E-state index in [9.17, 15) is 9.90 Å². The highest BCUT2D eigenvalue weighted by Crippen LogP contribution is 2.30. The first-order valence-electron chi connectivity index (χ1n) is 10.7. The molecule has 2 aliphatic heterocycles. The van der Waals surface area contributed by atoms with Crippen LogP contribution in [-0.4, -0.2) is 53.2 Å². The summed E-state index contributed by atoms with van der Waals surface area (Å²) in [6.07, 6.45) is 8.86. The predicted octanol–water partition coefficient (Wildman–Crippen LogP) is 3.94. The highest BCUT2D eigenvalue weighted by Gasteiger charge is 2.48. The van der Waals surface area contributed by atoms with Gasteiger partial charge >= 0.3 is 6.03 Å². The normalized spacial score (nSPS) is 31.1. The molecule has 0 aromatic carbocycles. The summed E-state index contributed by atoms with van der Waals surface area (Å²) in [7, 11) is 0. The summed E-state index contributed by atoms with van der Waals surface area (Å²) in [5, 5.41) is 13.6. The molecule has 0 aromatic rings. The average Bonchev–Trinajstić information content (AvgIpc) is 2.96. The van der Waals surface area contributed by atoms with Crippen LogP contribution >= 0.6 is 0 Å². The minimum atomic E-state index is -0.717. The molecule has 5 atom stereocenters. The molecule has 2 heterocycles. The molecular weight excluding hydrogens is 344 g/mol. The lowest BCUT2D eigenvalue weighted by Gasteiger charge is -2.35. The van der Waals surface area contributed by atoms with E-state index in [1.807, 2.05) is 27.0 Å². The van der Waals surface area contributed by atoms with Crippen molar-refractivity contribution in [1.82, 2.24) is 10.2 Å². The van der Waals surface area contributed by atoms with E-state index in [4.69, 9.17) is 9.47 Å². The van der Waals surface area contributed by atoms with Gasteiger partial charge in [0.1, 0.15) is 12.2 Å². The second-order valence-electron chi connectivity index (χ2n) is 7.87. The largest absolute Gasteiger partial charge is 0.388 e. The summed E-state index contributed by atoms with van der Waals surface area (Å²) in [6, 6.07) is -0.194. The first-order valence-corrected chi connectivity index (χ1v) is 10.7. The van der Waals surface area contributed by atoms with Crippen molar-refractivity contribution in [3.8, 4) is 0 Å². The molecule has 0 radical (unpaired) electrons. The van der Waals surface area contributed by atoms with Gasteiger partial charge in [-0.05, 0) is 32.3 Å². The zero-order valence-electron chi connectivity index (χ0n) is 17.4. The molecule has 2 amide bonds. The molecule has 1 saturated heterocycles. The maximum absolute atomic E-state index is 12.4. The Hall–Kier alpha value is -1.11. The highest BCUT2D eigenvalue weighted by atomic mass is 16.6. The van der Waals surface area contributed by atoms with Crippen LogP contribution < -0.4 is 5.32 Å². The lowest BCUT2D eigenvalue weighted by Crippen LogP contribution is -2.54. The molecule has 2 N–H and O–H groups in total. The number of carbonyl (C=O) groups is 1. The van der Waals surface area contributed by atoms with Gasteiger partial charge in [-0.2, -0.15) is 0 Å². The van der Waals surface area contributed by atoms with Gasteiger partial charge in [0.15, 0.2) is 6.23 Å². The van der Waals surface area contributed by atoms with Gasteiger partial charge in [-0.1, -0.05) is 52.4 Å². The average molecular weight is 383 g/mol.